The number of hydrogen-bond donors (Lipinski definition) is 2. The molecule has 4 N–H and O–H groups in total. The summed E-state index contributed by atoms with van der Waals surface area (Å²) in [6.45, 7) is 6.87. The third-order valence-corrected chi connectivity index (χ3v) is 1.34. The molecule has 0 saturated carbocycles. The third kappa shape index (κ3) is 4.43. The quantitative estimate of drug-likeness (QED) is 0.591. The second-order valence-electron chi connectivity index (χ2n) is 3.46. The Morgan fingerprint density at radius 1 is 1.44 bits per heavy atom. The normalized spacial score (nSPS) is 18.0. The minimum absolute atomic E-state index is 0.159. The summed E-state index contributed by atoms with van der Waals surface area (Å²) in [6, 6.07) is 0. The molecule has 0 aliphatic rings. The Kier molecular flexibility index (Phi) is 3.15. The maximum Gasteiger partial charge on any atom is 0.0252 e. The van der Waals surface area contributed by atoms with E-state index in [1.165, 1.54) is 0 Å². The predicted molar refractivity (Wildman–Crippen MR) is 41.1 cm³/mol. The van der Waals surface area contributed by atoms with Crippen LogP contribution >= 0.6 is 0 Å². The Morgan fingerprint density at radius 2 is 1.89 bits per heavy atom. The molecule has 2 nitrogen and oxygen atoms in total. The van der Waals surface area contributed by atoms with Gasteiger partial charge in [0, 0.05) is 12.1 Å². The fourth-order valence-corrected chi connectivity index (χ4v) is 1.02. The van der Waals surface area contributed by atoms with Crippen molar-refractivity contribution in [2.45, 2.75) is 32.7 Å². The lowest BCUT2D eigenvalue weighted by molar-refractivity contribution is 0.378. The molecule has 0 amide bonds. The summed E-state index contributed by atoms with van der Waals surface area (Å²) in [5.74, 6) is 0.642. The SMILES string of the molecule is CC(C)C[C@@](C)(N)CN. The molecular weight excluding hydrogens is 112 g/mol. The van der Waals surface area contributed by atoms with Gasteiger partial charge in [-0.25, -0.2) is 0 Å². The predicted octanol–water partition coefficient (Wildman–Crippen LogP) is 0.709. The van der Waals surface area contributed by atoms with E-state index in [2.05, 4.69) is 13.8 Å². The van der Waals surface area contributed by atoms with Gasteiger partial charge in [0.2, 0.25) is 0 Å². The summed E-state index contributed by atoms with van der Waals surface area (Å²) in [5, 5.41) is 0. The van der Waals surface area contributed by atoms with E-state index in [1.54, 1.807) is 0 Å². The van der Waals surface area contributed by atoms with Crippen molar-refractivity contribution in [2.24, 2.45) is 17.4 Å². The molecule has 0 aliphatic heterocycles. The highest BCUT2D eigenvalue weighted by Gasteiger charge is 2.16. The monoisotopic (exact) mass is 130 g/mol. The van der Waals surface area contributed by atoms with Gasteiger partial charge in [-0.2, -0.15) is 0 Å². The molecule has 0 rings (SSSR count). The lowest BCUT2D eigenvalue weighted by Gasteiger charge is -2.24. The maximum atomic E-state index is 5.79. The Hall–Kier alpha value is -0.0800. The number of nitrogens with two attached hydrogens (primary N) is 2. The van der Waals surface area contributed by atoms with Crippen LogP contribution in [0.1, 0.15) is 27.2 Å². The molecule has 0 aromatic carbocycles. The van der Waals surface area contributed by atoms with Crippen molar-refractivity contribution in [2.75, 3.05) is 6.54 Å². The van der Waals surface area contributed by atoms with Crippen molar-refractivity contribution in [3.05, 3.63) is 0 Å². The zero-order chi connectivity index (χ0) is 7.49. The number of hydrogen-bond acceptors (Lipinski definition) is 2. The average Bonchev–Trinajstić information content (AvgIpc) is 1.63. The first kappa shape index (κ1) is 8.92. The summed E-state index contributed by atoms with van der Waals surface area (Å²) < 4.78 is 0. The molecule has 0 unspecified atom stereocenters. The fraction of sp³-hybridized carbons (Fsp3) is 1.00. The minimum Gasteiger partial charge on any atom is -0.329 e. The van der Waals surface area contributed by atoms with Gasteiger partial charge in [-0.1, -0.05) is 13.8 Å². The van der Waals surface area contributed by atoms with Crippen LogP contribution in [0.15, 0.2) is 0 Å². The van der Waals surface area contributed by atoms with Crippen LogP contribution < -0.4 is 11.5 Å². The van der Waals surface area contributed by atoms with Gasteiger partial charge in [-0.15, -0.1) is 0 Å². The van der Waals surface area contributed by atoms with Crippen LogP contribution in [0.4, 0.5) is 0 Å². The molecule has 0 saturated heterocycles. The van der Waals surface area contributed by atoms with Crippen LogP contribution in [0, 0.1) is 5.92 Å². The summed E-state index contributed by atoms with van der Waals surface area (Å²) in [6.07, 6.45) is 1.00. The van der Waals surface area contributed by atoms with Crippen molar-refractivity contribution in [1.82, 2.24) is 0 Å². The van der Waals surface area contributed by atoms with Crippen LogP contribution in [-0.4, -0.2) is 12.1 Å². The standard InChI is InChI=1S/C7H18N2/c1-6(2)4-7(3,9)5-8/h6H,4-5,8-9H2,1-3H3/t7-/m1/s1. The molecule has 0 aromatic heterocycles. The van der Waals surface area contributed by atoms with E-state index in [4.69, 9.17) is 11.5 Å². The zero-order valence-corrected chi connectivity index (χ0v) is 6.65. The molecule has 0 heterocycles. The summed E-state index contributed by atoms with van der Waals surface area (Å²) in [5.41, 5.74) is 11.1. The second-order valence-corrected chi connectivity index (χ2v) is 3.46. The largest absolute Gasteiger partial charge is 0.329 e. The second kappa shape index (κ2) is 3.18. The van der Waals surface area contributed by atoms with Gasteiger partial charge in [0.1, 0.15) is 0 Å². The van der Waals surface area contributed by atoms with E-state index in [0.717, 1.165) is 6.42 Å². The molecule has 0 aliphatic carbocycles. The van der Waals surface area contributed by atoms with Crippen LogP contribution in [0.5, 0.6) is 0 Å². The highest BCUT2D eigenvalue weighted by molar-refractivity contribution is 4.80. The first-order valence-corrected chi connectivity index (χ1v) is 3.47. The molecule has 56 valence electrons. The smallest absolute Gasteiger partial charge is 0.0252 e. The van der Waals surface area contributed by atoms with Crippen LogP contribution in [0.2, 0.25) is 0 Å². The highest BCUT2D eigenvalue weighted by atomic mass is 14.8. The average molecular weight is 130 g/mol. The van der Waals surface area contributed by atoms with E-state index in [9.17, 15) is 0 Å². The molecule has 0 spiro atoms. The Morgan fingerprint density at radius 3 is 2.00 bits per heavy atom. The Labute approximate surface area is 57.6 Å². The van der Waals surface area contributed by atoms with E-state index in [0.29, 0.717) is 12.5 Å². The third-order valence-electron chi connectivity index (χ3n) is 1.34. The lowest BCUT2D eigenvalue weighted by Crippen LogP contribution is -2.44. The highest BCUT2D eigenvalue weighted by Crippen LogP contribution is 2.11. The van der Waals surface area contributed by atoms with Crippen molar-refractivity contribution >= 4 is 0 Å². The van der Waals surface area contributed by atoms with Gasteiger partial charge in [0.05, 0.1) is 0 Å². The van der Waals surface area contributed by atoms with Gasteiger partial charge >= 0.3 is 0 Å². The molecule has 2 heteroatoms. The van der Waals surface area contributed by atoms with E-state index in [-0.39, 0.29) is 5.54 Å². The van der Waals surface area contributed by atoms with Gasteiger partial charge in [-0.05, 0) is 19.3 Å². The molecule has 0 aromatic rings. The minimum atomic E-state index is -0.159. The summed E-state index contributed by atoms with van der Waals surface area (Å²) in [7, 11) is 0. The van der Waals surface area contributed by atoms with Crippen molar-refractivity contribution < 1.29 is 0 Å². The topological polar surface area (TPSA) is 52.0 Å². The van der Waals surface area contributed by atoms with Crippen molar-refractivity contribution in [3.8, 4) is 0 Å². The fourth-order valence-electron chi connectivity index (χ4n) is 1.02. The maximum absolute atomic E-state index is 5.79. The van der Waals surface area contributed by atoms with E-state index < -0.39 is 0 Å². The van der Waals surface area contributed by atoms with Gasteiger partial charge in [0.25, 0.3) is 0 Å². The first-order valence-electron chi connectivity index (χ1n) is 3.47. The van der Waals surface area contributed by atoms with E-state index in [1.807, 2.05) is 6.92 Å². The molecular formula is C7H18N2. The molecule has 0 fully saturated rings. The zero-order valence-electron chi connectivity index (χ0n) is 6.65. The molecule has 0 bridgehead atoms. The molecule has 9 heavy (non-hydrogen) atoms. The molecule has 1 atom stereocenters. The van der Waals surface area contributed by atoms with Crippen LogP contribution in [0.3, 0.4) is 0 Å². The van der Waals surface area contributed by atoms with Crippen molar-refractivity contribution in [3.63, 3.8) is 0 Å². The van der Waals surface area contributed by atoms with Crippen LogP contribution in [-0.2, 0) is 0 Å². The summed E-state index contributed by atoms with van der Waals surface area (Å²) in [4.78, 5) is 0. The van der Waals surface area contributed by atoms with Gasteiger partial charge in [-0.3, -0.25) is 0 Å². The Bertz CT molecular complexity index is 77.0. The number of rotatable bonds is 3. The Balaban J connectivity index is 3.58. The first-order chi connectivity index (χ1) is 3.98. The molecule has 0 radical (unpaired) electrons. The van der Waals surface area contributed by atoms with Gasteiger partial charge < -0.3 is 11.5 Å². The van der Waals surface area contributed by atoms with E-state index >= 15 is 0 Å². The van der Waals surface area contributed by atoms with Crippen molar-refractivity contribution in [1.29, 1.82) is 0 Å². The lowest BCUT2D eigenvalue weighted by atomic mass is 9.92. The van der Waals surface area contributed by atoms with Gasteiger partial charge in [0.15, 0.2) is 0 Å². The summed E-state index contributed by atoms with van der Waals surface area (Å²) >= 11 is 0. The van der Waals surface area contributed by atoms with Crippen LogP contribution in [0.25, 0.3) is 0 Å².